The number of amides is 2. The summed E-state index contributed by atoms with van der Waals surface area (Å²) in [6.45, 7) is 3.99. The van der Waals surface area contributed by atoms with Gasteiger partial charge in [0.2, 0.25) is 17.7 Å². The second-order valence-electron chi connectivity index (χ2n) is 13.2. The molecule has 2 atom stereocenters. The summed E-state index contributed by atoms with van der Waals surface area (Å²) in [5.74, 6) is 0.643. The fourth-order valence-electron chi connectivity index (χ4n) is 6.90. The van der Waals surface area contributed by atoms with Crippen LogP contribution in [0.3, 0.4) is 0 Å². The minimum atomic E-state index is -0.144. The fraction of sp³-hybridized carbons (Fsp3) is 0.308. The van der Waals surface area contributed by atoms with Crippen molar-refractivity contribution in [3.05, 3.63) is 104 Å². The summed E-state index contributed by atoms with van der Waals surface area (Å²) in [6, 6.07) is 19.4. The van der Waals surface area contributed by atoms with Crippen molar-refractivity contribution in [2.24, 2.45) is 0 Å². The van der Waals surface area contributed by atoms with Crippen molar-refractivity contribution in [3.63, 3.8) is 0 Å². The van der Waals surface area contributed by atoms with Gasteiger partial charge < -0.3 is 26.0 Å². The van der Waals surface area contributed by atoms with Crippen molar-refractivity contribution in [1.29, 1.82) is 0 Å². The Bertz CT molecular complexity index is 2240. The molecule has 2 aliphatic rings. The molecular weight excluding hydrogens is 701 g/mol. The van der Waals surface area contributed by atoms with E-state index in [2.05, 4.69) is 21.3 Å². The van der Waals surface area contributed by atoms with Crippen LogP contribution >= 0.6 is 23.2 Å². The number of nitrogens with one attached hydrogen (secondary N) is 4. The molecule has 2 amide bonds. The van der Waals surface area contributed by atoms with Gasteiger partial charge in [0.15, 0.2) is 0 Å². The van der Waals surface area contributed by atoms with Gasteiger partial charge in [-0.1, -0.05) is 65.7 Å². The summed E-state index contributed by atoms with van der Waals surface area (Å²) in [5.41, 5.74) is 6.94. The molecule has 0 aliphatic carbocycles. The molecule has 268 valence electrons. The lowest BCUT2D eigenvalue weighted by Gasteiger charge is -2.16. The predicted molar refractivity (Wildman–Crippen MR) is 203 cm³/mol. The number of aromatic nitrogens is 3. The monoisotopic (exact) mass is 739 g/mol. The Morgan fingerprint density at radius 2 is 1.42 bits per heavy atom. The van der Waals surface area contributed by atoms with Gasteiger partial charge in [-0.15, -0.1) is 0 Å². The topological polar surface area (TPSA) is 139 Å². The van der Waals surface area contributed by atoms with Crippen LogP contribution in [-0.4, -0.2) is 58.5 Å². The van der Waals surface area contributed by atoms with E-state index in [4.69, 9.17) is 37.9 Å². The Morgan fingerprint density at radius 1 is 0.808 bits per heavy atom. The highest BCUT2D eigenvalue weighted by Gasteiger charge is 2.22. The molecular formula is C39H39Cl2N7O4. The summed E-state index contributed by atoms with van der Waals surface area (Å²) in [4.78, 5) is 46.1. The van der Waals surface area contributed by atoms with Crippen LogP contribution < -0.4 is 31.6 Å². The van der Waals surface area contributed by atoms with E-state index >= 15 is 0 Å². The summed E-state index contributed by atoms with van der Waals surface area (Å²) in [5, 5.41) is 13.6. The SMILES string of the molecule is COc1nc(-c2cccc(-c3cccc(-c4ccn5c(=O)c(CNC[C@@H]6CCC(=O)N6)c(C)nc5c4)c3Cl)c2Cl)ccc1CNC[C@H]1CCC(=O)N1. The molecule has 2 saturated heterocycles. The Morgan fingerprint density at radius 3 is 2.06 bits per heavy atom. The average molecular weight is 741 g/mol. The van der Waals surface area contributed by atoms with Crippen molar-refractivity contribution >= 4 is 40.7 Å². The van der Waals surface area contributed by atoms with E-state index in [1.54, 1.807) is 17.7 Å². The summed E-state index contributed by atoms with van der Waals surface area (Å²) < 4.78 is 7.19. The first-order valence-corrected chi connectivity index (χ1v) is 18.1. The molecule has 5 aromatic rings. The number of rotatable bonds is 12. The van der Waals surface area contributed by atoms with Gasteiger partial charge in [0.1, 0.15) is 5.65 Å². The van der Waals surface area contributed by atoms with Crippen LogP contribution in [0.4, 0.5) is 0 Å². The largest absolute Gasteiger partial charge is 0.481 e. The average Bonchev–Trinajstić information content (AvgIpc) is 3.76. The summed E-state index contributed by atoms with van der Waals surface area (Å²) in [7, 11) is 1.59. The molecule has 7 rings (SSSR count). The summed E-state index contributed by atoms with van der Waals surface area (Å²) >= 11 is 14.2. The number of carbonyl (C=O) groups excluding carboxylic acids is 2. The number of benzene rings is 2. The molecule has 13 heteroatoms. The molecule has 52 heavy (non-hydrogen) atoms. The molecule has 2 aliphatic heterocycles. The third-order valence-corrected chi connectivity index (χ3v) is 10.5. The number of carbonyl (C=O) groups is 2. The third-order valence-electron chi connectivity index (χ3n) is 9.71. The van der Waals surface area contributed by atoms with Crippen molar-refractivity contribution in [1.82, 2.24) is 35.6 Å². The van der Waals surface area contributed by atoms with Crippen molar-refractivity contribution in [2.75, 3.05) is 20.2 Å². The van der Waals surface area contributed by atoms with Gasteiger partial charge in [-0.25, -0.2) is 9.97 Å². The number of hydrogen-bond donors (Lipinski definition) is 4. The van der Waals surface area contributed by atoms with Gasteiger partial charge in [0.25, 0.3) is 5.56 Å². The van der Waals surface area contributed by atoms with E-state index in [1.807, 2.05) is 67.6 Å². The van der Waals surface area contributed by atoms with Crippen LogP contribution in [0.2, 0.25) is 10.0 Å². The standard InChI is InChI=1S/C39H39Cl2N7O4/c1-22-31(21-43-20-26-11-14-35(50)46-26)39(51)48-16-15-23(17-33(48)44-22)27-5-3-6-28(36(27)40)29-7-4-8-30(37(29)41)32-12-9-24(38(47-32)52-2)18-42-19-25-10-13-34(49)45-25/h3-9,12,15-17,25-26,42-43H,10-11,13-14,18-21H2,1-2H3,(H,45,49)(H,46,50)/t25-,26+/m1/s1. The van der Waals surface area contributed by atoms with Gasteiger partial charge in [-0.05, 0) is 43.5 Å². The highest BCUT2D eigenvalue weighted by atomic mass is 35.5. The molecule has 0 unspecified atom stereocenters. The smallest absolute Gasteiger partial charge is 0.262 e. The second-order valence-corrected chi connectivity index (χ2v) is 13.9. The van der Waals surface area contributed by atoms with Gasteiger partial charge in [-0.2, -0.15) is 0 Å². The molecule has 0 bridgehead atoms. The van der Waals surface area contributed by atoms with Gasteiger partial charge in [0, 0.05) is 90.8 Å². The summed E-state index contributed by atoms with van der Waals surface area (Å²) in [6.07, 6.45) is 4.43. The molecule has 3 aromatic heterocycles. The predicted octanol–water partition coefficient (Wildman–Crippen LogP) is 5.45. The zero-order valence-electron chi connectivity index (χ0n) is 28.9. The Labute approximate surface area is 311 Å². The van der Waals surface area contributed by atoms with Gasteiger partial charge in [-0.3, -0.25) is 18.8 Å². The Kier molecular flexibility index (Phi) is 10.6. The molecule has 2 aromatic carbocycles. The lowest BCUT2D eigenvalue weighted by atomic mass is 9.97. The van der Waals surface area contributed by atoms with Crippen LogP contribution in [0.25, 0.3) is 39.2 Å². The first kappa shape index (κ1) is 35.6. The maximum Gasteiger partial charge on any atom is 0.262 e. The zero-order valence-corrected chi connectivity index (χ0v) is 30.4. The normalized spacial score (nSPS) is 17.1. The maximum absolute atomic E-state index is 13.5. The minimum Gasteiger partial charge on any atom is -0.481 e. The maximum atomic E-state index is 13.5. The highest BCUT2D eigenvalue weighted by molar-refractivity contribution is 6.39. The molecule has 2 fully saturated rings. The quantitative estimate of drug-likeness (QED) is 0.133. The van der Waals surface area contributed by atoms with Crippen molar-refractivity contribution < 1.29 is 14.3 Å². The van der Waals surface area contributed by atoms with E-state index in [-0.39, 0.29) is 29.5 Å². The minimum absolute atomic E-state index is 0.0618. The molecule has 0 spiro atoms. The lowest BCUT2D eigenvalue weighted by Crippen LogP contribution is -2.36. The first-order valence-electron chi connectivity index (χ1n) is 17.3. The number of pyridine rings is 2. The van der Waals surface area contributed by atoms with Crippen LogP contribution in [0.15, 0.2) is 71.7 Å². The number of methoxy groups -OCH3 is 1. The van der Waals surface area contributed by atoms with E-state index < -0.39 is 0 Å². The number of halogens is 2. The van der Waals surface area contributed by atoms with Crippen LogP contribution in [-0.2, 0) is 22.7 Å². The number of fused-ring (bicyclic) bond motifs is 1. The fourth-order valence-corrected chi connectivity index (χ4v) is 7.56. The highest BCUT2D eigenvalue weighted by Crippen LogP contribution is 2.42. The van der Waals surface area contributed by atoms with Crippen LogP contribution in [0.5, 0.6) is 5.88 Å². The molecule has 5 heterocycles. The van der Waals surface area contributed by atoms with E-state index in [1.165, 1.54) is 0 Å². The van der Waals surface area contributed by atoms with Crippen molar-refractivity contribution in [3.8, 4) is 39.4 Å². The Balaban J connectivity index is 1.12. The lowest BCUT2D eigenvalue weighted by molar-refractivity contribution is -0.120. The molecule has 11 nitrogen and oxygen atoms in total. The number of hydrogen-bond acceptors (Lipinski definition) is 8. The Hall–Kier alpha value is -4.81. The molecule has 4 N–H and O–H groups in total. The molecule has 0 radical (unpaired) electrons. The van der Waals surface area contributed by atoms with Gasteiger partial charge in [0.05, 0.1) is 28.4 Å². The van der Waals surface area contributed by atoms with E-state index in [9.17, 15) is 14.4 Å². The molecule has 0 saturated carbocycles. The second kappa shape index (κ2) is 15.4. The van der Waals surface area contributed by atoms with Crippen LogP contribution in [0, 0.1) is 6.92 Å². The first-order chi connectivity index (χ1) is 25.2. The number of aryl methyl sites for hydroxylation is 1. The number of nitrogens with zero attached hydrogens (tertiary/aromatic N) is 3. The van der Waals surface area contributed by atoms with Gasteiger partial charge >= 0.3 is 0 Å². The zero-order chi connectivity index (χ0) is 36.4. The van der Waals surface area contributed by atoms with E-state index in [0.717, 1.165) is 46.2 Å². The third kappa shape index (κ3) is 7.40. The van der Waals surface area contributed by atoms with E-state index in [0.29, 0.717) is 77.5 Å². The van der Waals surface area contributed by atoms with Crippen molar-refractivity contribution in [2.45, 2.75) is 57.8 Å². The number of ether oxygens (including phenoxy) is 1. The van der Waals surface area contributed by atoms with Crippen LogP contribution in [0.1, 0.15) is 42.5 Å².